The summed E-state index contributed by atoms with van der Waals surface area (Å²) >= 11 is 1.55. The van der Waals surface area contributed by atoms with Crippen LogP contribution in [0.1, 0.15) is 6.92 Å². The van der Waals surface area contributed by atoms with Crippen molar-refractivity contribution in [2.75, 3.05) is 25.2 Å². The molecule has 2 unspecified atom stereocenters. The lowest BCUT2D eigenvalue weighted by molar-refractivity contribution is -0.141. The fraction of sp³-hybridized carbons (Fsp3) is 0.875. The topological polar surface area (TPSA) is 72.5 Å². The minimum absolute atomic E-state index is 0.167. The molecule has 0 fully saturated rings. The van der Waals surface area contributed by atoms with Crippen LogP contribution in [0.2, 0.25) is 0 Å². The Morgan fingerprint density at radius 2 is 2.23 bits per heavy atom. The molecule has 0 aliphatic carbocycles. The van der Waals surface area contributed by atoms with Crippen LogP contribution in [0.4, 0.5) is 0 Å². The normalized spacial score (nSPS) is 15.1. The SMILES string of the molecule is COC(=O)C(N)CSCC(C)CO. The molecule has 0 saturated heterocycles. The monoisotopic (exact) mass is 207 g/mol. The fourth-order valence-electron chi connectivity index (χ4n) is 0.668. The first kappa shape index (κ1) is 12.7. The Bertz CT molecular complexity index is 154. The van der Waals surface area contributed by atoms with Crippen molar-refractivity contribution in [1.29, 1.82) is 0 Å². The van der Waals surface area contributed by atoms with Crippen LogP contribution in [0.25, 0.3) is 0 Å². The summed E-state index contributed by atoms with van der Waals surface area (Å²) in [5.74, 6) is 1.21. The van der Waals surface area contributed by atoms with Crippen molar-refractivity contribution in [3.63, 3.8) is 0 Å². The Balaban J connectivity index is 3.47. The average Bonchev–Trinajstić information content (AvgIpc) is 2.15. The van der Waals surface area contributed by atoms with E-state index in [0.717, 1.165) is 5.75 Å². The molecule has 0 rings (SSSR count). The van der Waals surface area contributed by atoms with E-state index in [-0.39, 0.29) is 18.5 Å². The first-order chi connectivity index (χ1) is 6.11. The van der Waals surface area contributed by atoms with Gasteiger partial charge in [-0.3, -0.25) is 4.79 Å². The van der Waals surface area contributed by atoms with Crippen LogP contribution >= 0.6 is 11.8 Å². The number of nitrogens with two attached hydrogens (primary N) is 1. The lowest BCUT2D eigenvalue weighted by atomic mass is 10.2. The van der Waals surface area contributed by atoms with E-state index in [4.69, 9.17) is 10.8 Å². The van der Waals surface area contributed by atoms with Crippen molar-refractivity contribution in [2.24, 2.45) is 11.7 Å². The summed E-state index contributed by atoms with van der Waals surface area (Å²) in [6, 6.07) is -0.555. The molecule has 0 saturated carbocycles. The Morgan fingerprint density at radius 1 is 1.62 bits per heavy atom. The Hall–Kier alpha value is -0.260. The van der Waals surface area contributed by atoms with Gasteiger partial charge >= 0.3 is 5.97 Å². The van der Waals surface area contributed by atoms with E-state index in [1.165, 1.54) is 7.11 Å². The number of methoxy groups -OCH3 is 1. The van der Waals surface area contributed by atoms with Gasteiger partial charge in [0.15, 0.2) is 0 Å². The second-order valence-electron chi connectivity index (χ2n) is 2.95. The highest BCUT2D eigenvalue weighted by Crippen LogP contribution is 2.08. The number of hydrogen-bond donors (Lipinski definition) is 2. The predicted octanol–water partition coefficient (Wildman–Crippen LogP) is -0.152. The summed E-state index contributed by atoms with van der Waals surface area (Å²) in [5.41, 5.74) is 5.50. The summed E-state index contributed by atoms with van der Waals surface area (Å²) < 4.78 is 4.47. The number of carbonyl (C=O) groups excluding carboxylic acids is 1. The van der Waals surface area contributed by atoms with Gasteiger partial charge in [-0.1, -0.05) is 6.92 Å². The number of rotatable bonds is 6. The third kappa shape index (κ3) is 5.90. The second-order valence-corrected chi connectivity index (χ2v) is 4.03. The summed E-state index contributed by atoms with van der Waals surface area (Å²) in [6.45, 7) is 2.11. The highest BCUT2D eigenvalue weighted by molar-refractivity contribution is 7.99. The zero-order valence-corrected chi connectivity index (χ0v) is 8.84. The van der Waals surface area contributed by atoms with Gasteiger partial charge in [0.05, 0.1) is 7.11 Å². The molecular formula is C8H17NO3S. The van der Waals surface area contributed by atoms with Gasteiger partial charge < -0.3 is 15.6 Å². The lowest BCUT2D eigenvalue weighted by Crippen LogP contribution is -2.34. The Labute approximate surface area is 82.8 Å². The summed E-state index contributed by atoms with van der Waals surface area (Å²) in [6.07, 6.45) is 0. The largest absolute Gasteiger partial charge is 0.468 e. The number of carbonyl (C=O) groups is 1. The average molecular weight is 207 g/mol. The van der Waals surface area contributed by atoms with Crippen LogP contribution in [0.3, 0.4) is 0 Å². The third-order valence-corrected chi connectivity index (χ3v) is 2.91. The molecule has 0 radical (unpaired) electrons. The maximum atomic E-state index is 10.8. The predicted molar refractivity (Wildman–Crippen MR) is 53.6 cm³/mol. The van der Waals surface area contributed by atoms with Crippen LogP contribution in [0, 0.1) is 5.92 Å². The number of aliphatic hydroxyl groups excluding tert-OH is 1. The molecule has 0 aromatic rings. The first-order valence-electron chi connectivity index (χ1n) is 4.13. The molecule has 0 bridgehead atoms. The molecule has 5 heteroatoms. The highest BCUT2D eigenvalue weighted by atomic mass is 32.2. The zero-order chi connectivity index (χ0) is 10.3. The minimum atomic E-state index is -0.555. The van der Waals surface area contributed by atoms with Gasteiger partial charge in [0.2, 0.25) is 0 Å². The molecule has 4 nitrogen and oxygen atoms in total. The third-order valence-electron chi connectivity index (χ3n) is 1.52. The van der Waals surface area contributed by atoms with E-state index >= 15 is 0 Å². The molecule has 0 aliphatic rings. The fourth-order valence-corrected chi connectivity index (χ4v) is 1.70. The van der Waals surface area contributed by atoms with Gasteiger partial charge in [0, 0.05) is 12.4 Å². The molecule has 0 heterocycles. The van der Waals surface area contributed by atoms with Gasteiger partial charge in [0.1, 0.15) is 6.04 Å². The van der Waals surface area contributed by atoms with Crippen LogP contribution < -0.4 is 5.73 Å². The molecule has 2 atom stereocenters. The van der Waals surface area contributed by atoms with E-state index in [1.54, 1.807) is 11.8 Å². The summed E-state index contributed by atoms with van der Waals surface area (Å²) in [5, 5.41) is 8.72. The molecular weight excluding hydrogens is 190 g/mol. The molecule has 0 aromatic carbocycles. The van der Waals surface area contributed by atoms with Gasteiger partial charge in [-0.2, -0.15) is 11.8 Å². The highest BCUT2D eigenvalue weighted by Gasteiger charge is 2.13. The van der Waals surface area contributed by atoms with E-state index in [0.29, 0.717) is 5.75 Å². The molecule has 0 aliphatic heterocycles. The number of hydrogen-bond acceptors (Lipinski definition) is 5. The Kier molecular flexibility index (Phi) is 7.03. The van der Waals surface area contributed by atoms with Gasteiger partial charge in [0.25, 0.3) is 0 Å². The van der Waals surface area contributed by atoms with Crippen LogP contribution in [0.5, 0.6) is 0 Å². The van der Waals surface area contributed by atoms with Crippen molar-refractivity contribution < 1.29 is 14.6 Å². The van der Waals surface area contributed by atoms with Crippen molar-refractivity contribution in [1.82, 2.24) is 0 Å². The minimum Gasteiger partial charge on any atom is -0.468 e. The van der Waals surface area contributed by atoms with Gasteiger partial charge in [-0.05, 0) is 11.7 Å². The number of ether oxygens (including phenoxy) is 1. The first-order valence-corrected chi connectivity index (χ1v) is 5.29. The lowest BCUT2D eigenvalue weighted by Gasteiger charge is -2.10. The maximum absolute atomic E-state index is 10.8. The second kappa shape index (κ2) is 7.17. The summed E-state index contributed by atoms with van der Waals surface area (Å²) in [7, 11) is 1.32. The van der Waals surface area contributed by atoms with E-state index < -0.39 is 6.04 Å². The van der Waals surface area contributed by atoms with E-state index in [9.17, 15) is 4.79 Å². The van der Waals surface area contributed by atoms with Crippen LogP contribution in [-0.4, -0.2) is 42.3 Å². The number of esters is 1. The number of thioether (sulfide) groups is 1. The molecule has 13 heavy (non-hydrogen) atoms. The molecule has 0 aromatic heterocycles. The zero-order valence-electron chi connectivity index (χ0n) is 8.03. The molecule has 3 N–H and O–H groups in total. The van der Waals surface area contributed by atoms with E-state index in [1.807, 2.05) is 6.92 Å². The van der Waals surface area contributed by atoms with Crippen LogP contribution in [-0.2, 0) is 9.53 Å². The van der Waals surface area contributed by atoms with Crippen LogP contribution in [0.15, 0.2) is 0 Å². The standard InChI is InChI=1S/C8H17NO3S/c1-6(3-10)4-13-5-7(9)8(11)12-2/h6-7,10H,3-5,9H2,1-2H3. The molecule has 78 valence electrons. The quantitative estimate of drug-likeness (QED) is 0.593. The van der Waals surface area contributed by atoms with Gasteiger partial charge in [-0.25, -0.2) is 0 Å². The van der Waals surface area contributed by atoms with E-state index in [2.05, 4.69) is 4.74 Å². The van der Waals surface area contributed by atoms with Gasteiger partial charge in [-0.15, -0.1) is 0 Å². The summed E-state index contributed by atoms with van der Waals surface area (Å²) in [4.78, 5) is 10.8. The van der Waals surface area contributed by atoms with Crippen molar-refractivity contribution in [3.05, 3.63) is 0 Å². The maximum Gasteiger partial charge on any atom is 0.323 e. The Morgan fingerprint density at radius 3 is 2.69 bits per heavy atom. The smallest absolute Gasteiger partial charge is 0.323 e. The van der Waals surface area contributed by atoms with Crippen molar-refractivity contribution in [2.45, 2.75) is 13.0 Å². The molecule has 0 amide bonds. The van der Waals surface area contributed by atoms with Crippen molar-refractivity contribution >= 4 is 17.7 Å². The molecule has 0 spiro atoms. The van der Waals surface area contributed by atoms with Crippen molar-refractivity contribution in [3.8, 4) is 0 Å². The number of aliphatic hydroxyl groups is 1.